The predicted octanol–water partition coefficient (Wildman–Crippen LogP) is 3.48. The monoisotopic (exact) mass is 340 g/mol. The van der Waals surface area contributed by atoms with Gasteiger partial charge in [-0.3, -0.25) is 4.79 Å². The van der Waals surface area contributed by atoms with Crippen molar-refractivity contribution in [3.63, 3.8) is 0 Å². The summed E-state index contributed by atoms with van der Waals surface area (Å²) in [6.45, 7) is 0.564. The summed E-state index contributed by atoms with van der Waals surface area (Å²) in [6, 6.07) is 13.5. The van der Waals surface area contributed by atoms with Crippen molar-refractivity contribution in [1.82, 2.24) is 10.3 Å². The Morgan fingerprint density at radius 1 is 1.29 bits per heavy atom. The molecule has 0 saturated carbocycles. The molecule has 3 aromatic rings. The molecule has 1 aliphatic rings. The van der Waals surface area contributed by atoms with Crippen molar-refractivity contribution in [2.75, 3.05) is 6.54 Å². The van der Waals surface area contributed by atoms with Crippen LogP contribution >= 0.6 is 11.6 Å². The highest BCUT2D eigenvalue weighted by Gasteiger charge is 2.28. The van der Waals surface area contributed by atoms with Crippen molar-refractivity contribution >= 4 is 28.4 Å². The maximum absolute atomic E-state index is 12.3. The van der Waals surface area contributed by atoms with E-state index in [0.717, 1.165) is 34.2 Å². The molecule has 0 bridgehead atoms. The number of para-hydroxylation sites is 1. The first-order valence-electron chi connectivity index (χ1n) is 7.98. The first kappa shape index (κ1) is 15.1. The van der Waals surface area contributed by atoms with Gasteiger partial charge < -0.3 is 15.0 Å². The van der Waals surface area contributed by atoms with Crippen molar-refractivity contribution in [2.24, 2.45) is 0 Å². The maximum Gasteiger partial charge on any atom is 0.261 e. The zero-order valence-corrected chi connectivity index (χ0v) is 13.8. The molecule has 0 aliphatic carbocycles. The molecule has 1 unspecified atom stereocenters. The van der Waals surface area contributed by atoms with Gasteiger partial charge in [-0.1, -0.05) is 29.8 Å². The van der Waals surface area contributed by atoms with Gasteiger partial charge in [0.15, 0.2) is 6.10 Å². The van der Waals surface area contributed by atoms with E-state index in [9.17, 15) is 4.79 Å². The van der Waals surface area contributed by atoms with Gasteiger partial charge in [-0.15, -0.1) is 0 Å². The van der Waals surface area contributed by atoms with E-state index in [4.69, 9.17) is 16.3 Å². The fourth-order valence-corrected chi connectivity index (χ4v) is 3.29. The highest BCUT2D eigenvalue weighted by molar-refractivity contribution is 6.31. The van der Waals surface area contributed by atoms with Crippen LogP contribution in [0.25, 0.3) is 10.9 Å². The summed E-state index contributed by atoms with van der Waals surface area (Å²) >= 11 is 6.06. The number of benzene rings is 2. The lowest BCUT2D eigenvalue weighted by Crippen LogP contribution is -2.38. The van der Waals surface area contributed by atoms with E-state index >= 15 is 0 Å². The standard InChI is InChI=1S/C19H17ClN2O2/c20-14-5-6-16-15(10-14)13(11-22-16)7-8-21-19(23)18-9-12-3-1-2-4-17(12)24-18/h1-6,10-11,18,22H,7-9H2,(H,21,23). The molecule has 2 N–H and O–H groups in total. The van der Waals surface area contributed by atoms with Gasteiger partial charge in [0, 0.05) is 35.1 Å². The molecule has 1 amide bonds. The minimum absolute atomic E-state index is 0.0657. The molecule has 0 radical (unpaired) electrons. The van der Waals surface area contributed by atoms with Crippen LogP contribution in [0.5, 0.6) is 5.75 Å². The van der Waals surface area contributed by atoms with Gasteiger partial charge in [0.1, 0.15) is 5.75 Å². The molecule has 0 spiro atoms. The van der Waals surface area contributed by atoms with Crippen LogP contribution in [0.2, 0.25) is 5.02 Å². The van der Waals surface area contributed by atoms with Gasteiger partial charge in [-0.05, 0) is 41.8 Å². The molecule has 0 saturated heterocycles. The minimum Gasteiger partial charge on any atom is -0.480 e. The molecule has 1 aliphatic heterocycles. The molecule has 5 heteroatoms. The van der Waals surface area contributed by atoms with E-state index in [0.29, 0.717) is 18.0 Å². The Hall–Kier alpha value is -2.46. The van der Waals surface area contributed by atoms with Gasteiger partial charge in [0.05, 0.1) is 0 Å². The number of amides is 1. The Morgan fingerprint density at radius 2 is 2.17 bits per heavy atom. The third kappa shape index (κ3) is 2.85. The molecule has 24 heavy (non-hydrogen) atoms. The number of hydrogen-bond donors (Lipinski definition) is 2. The van der Waals surface area contributed by atoms with Gasteiger partial charge in [0.2, 0.25) is 0 Å². The van der Waals surface area contributed by atoms with Gasteiger partial charge >= 0.3 is 0 Å². The van der Waals surface area contributed by atoms with Crippen LogP contribution in [0.3, 0.4) is 0 Å². The van der Waals surface area contributed by atoms with Gasteiger partial charge in [0.25, 0.3) is 5.91 Å². The van der Waals surface area contributed by atoms with Gasteiger partial charge in [-0.2, -0.15) is 0 Å². The van der Waals surface area contributed by atoms with E-state index in [1.165, 1.54) is 0 Å². The van der Waals surface area contributed by atoms with Crippen LogP contribution in [0, 0.1) is 0 Å². The lowest BCUT2D eigenvalue weighted by atomic mass is 10.1. The smallest absolute Gasteiger partial charge is 0.261 e. The average Bonchev–Trinajstić information content (AvgIpc) is 3.18. The number of ether oxygens (including phenoxy) is 1. The first-order valence-corrected chi connectivity index (χ1v) is 8.36. The second kappa shape index (κ2) is 6.21. The summed E-state index contributed by atoms with van der Waals surface area (Å²) in [5.41, 5.74) is 3.28. The van der Waals surface area contributed by atoms with Crippen molar-refractivity contribution < 1.29 is 9.53 Å². The number of rotatable bonds is 4. The van der Waals surface area contributed by atoms with Crippen molar-refractivity contribution in [3.8, 4) is 5.75 Å². The number of aromatic amines is 1. The second-order valence-corrected chi connectivity index (χ2v) is 6.40. The van der Waals surface area contributed by atoms with E-state index < -0.39 is 6.10 Å². The largest absolute Gasteiger partial charge is 0.480 e. The molecular formula is C19H17ClN2O2. The van der Waals surface area contributed by atoms with Crippen LogP contribution in [0.15, 0.2) is 48.7 Å². The summed E-state index contributed by atoms with van der Waals surface area (Å²) in [6.07, 6.45) is 2.91. The predicted molar refractivity (Wildman–Crippen MR) is 94.6 cm³/mol. The van der Waals surface area contributed by atoms with Crippen LogP contribution in [0.4, 0.5) is 0 Å². The van der Waals surface area contributed by atoms with Crippen molar-refractivity contribution in [3.05, 3.63) is 64.8 Å². The molecule has 2 aromatic carbocycles. The third-order valence-corrected chi connectivity index (χ3v) is 4.60. The third-order valence-electron chi connectivity index (χ3n) is 4.36. The molecule has 2 heterocycles. The number of H-pyrrole nitrogens is 1. The Balaban J connectivity index is 1.36. The van der Waals surface area contributed by atoms with Crippen LogP contribution in [-0.4, -0.2) is 23.5 Å². The fourth-order valence-electron chi connectivity index (χ4n) is 3.12. The molecule has 122 valence electrons. The van der Waals surface area contributed by atoms with Crippen molar-refractivity contribution in [1.29, 1.82) is 0 Å². The fraction of sp³-hybridized carbons (Fsp3) is 0.211. The number of carbonyl (C=O) groups is 1. The first-order chi connectivity index (χ1) is 11.7. The molecule has 4 rings (SSSR count). The highest BCUT2D eigenvalue weighted by atomic mass is 35.5. The zero-order chi connectivity index (χ0) is 16.5. The Morgan fingerprint density at radius 3 is 3.04 bits per heavy atom. The SMILES string of the molecule is O=C(NCCc1c[nH]c2ccc(Cl)cc12)C1Cc2ccccc2O1. The van der Waals surface area contributed by atoms with E-state index in [1.54, 1.807) is 0 Å². The van der Waals surface area contributed by atoms with Crippen molar-refractivity contribution in [2.45, 2.75) is 18.9 Å². The lowest BCUT2D eigenvalue weighted by molar-refractivity contribution is -0.127. The van der Waals surface area contributed by atoms with E-state index in [-0.39, 0.29) is 5.91 Å². The summed E-state index contributed by atoms with van der Waals surface area (Å²) < 4.78 is 5.71. The Labute approximate surface area is 144 Å². The molecular weight excluding hydrogens is 324 g/mol. The van der Waals surface area contributed by atoms with Crippen LogP contribution in [0.1, 0.15) is 11.1 Å². The molecule has 1 aromatic heterocycles. The number of fused-ring (bicyclic) bond motifs is 2. The number of nitrogens with one attached hydrogen (secondary N) is 2. The molecule has 0 fully saturated rings. The molecule has 1 atom stereocenters. The normalized spacial score (nSPS) is 16.0. The highest BCUT2D eigenvalue weighted by Crippen LogP contribution is 2.28. The lowest BCUT2D eigenvalue weighted by Gasteiger charge is -2.11. The van der Waals surface area contributed by atoms with Crippen LogP contribution < -0.4 is 10.1 Å². The number of carbonyl (C=O) groups excluding carboxylic acids is 1. The summed E-state index contributed by atoms with van der Waals surface area (Å²) in [5.74, 6) is 0.744. The zero-order valence-electron chi connectivity index (χ0n) is 13.0. The summed E-state index contributed by atoms with van der Waals surface area (Å²) in [5, 5.41) is 4.78. The van der Waals surface area contributed by atoms with Gasteiger partial charge in [-0.25, -0.2) is 0 Å². The number of halogens is 1. The summed E-state index contributed by atoms with van der Waals surface area (Å²) in [4.78, 5) is 15.5. The van der Waals surface area contributed by atoms with Crippen LogP contribution in [-0.2, 0) is 17.6 Å². The van der Waals surface area contributed by atoms with E-state index in [1.807, 2.05) is 48.7 Å². The maximum atomic E-state index is 12.3. The van der Waals surface area contributed by atoms with E-state index in [2.05, 4.69) is 10.3 Å². The number of hydrogen-bond acceptors (Lipinski definition) is 2. The second-order valence-electron chi connectivity index (χ2n) is 5.96. The minimum atomic E-state index is -0.431. The Kier molecular flexibility index (Phi) is 3.90. The quantitative estimate of drug-likeness (QED) is 0.764. The molecule has 4 nitrogen and oxygen atoms in total. The number of aromatic nitrogens is 1. The topological polar surface area (TPSA) is 54.1 Å². The summed E-state index contributed by atoms with van der Waals surface area (Å²) in [7, 11) is 0. The average molecular weight is 341 g/mol. The Bertz CT molecular complexity index is 878.